The van der Waals surface area contributed by atoms with Crippen LogP contribution >= 0.6 is 0 Å². The Kier molecular flexibility index (Phi) is 0.963. The SMILES string of the molecule is O=S1Cc2ccc1cc2. The first-order chi connectivity index (χ1) is 4.36. The lowest BCUT2D eigenvalue weighted by atomic mass is 10.2. The summed E-state index contributed by atoms with van der Waals surface area (Å²) in [6.45, 7) is 0. The molecule has 2 aliphatic heterocycles. The third kappa shape index (κ3) is 0.704. The molecule has 46 valence electrons. The maximum atomic E-state index is 11.0. The molecule has 1 aromatic rings. The van der Waals surface area contributed by atoms with Gasteiger partial charge < -0.3 is 0 Å². The monoisotopic (exact) mass is 138 g/mol. The Morgan fingerprint density at radius 2 is 1.89 bits per heavy atom. The van der Waals surface area contributed by atoms with Crippen LogP contribution in [0.4, 0.5) is 0 Å². The molecule has 1 nitrogen and oxygen atoms in total. The summed E-state index contributed by atoms with van der Waals surface area (Å²) in [5, 5.41) is 0. The van der Waals surface area contributed by atoms with Gasteiger partial charge in [-0.3, -0.25) is 4.21 Å². The minimum Gasteiger partial charge on any atom is -0.254 e. The molecule has 2 bridgehead atoms. The van der Waals surface area contributed by atoms with Gasteiger partial charge in [-0.25, -0.2) is 0 Å². The van der Waals surface area contributed by atoms with Gasteiger partial charge in [-0.2, -0.15) is 0 Å². The minimum atomic E-state index is -0.722. The van der Waals surface area contributed by atoms with E-state index in [-0.39, 0.29) is 0 Å². The Labute approximate surface area is 56.2 Å². The van der Waals surface area contributed by atoms with Crippen LogP contribution in [0.1, 0.15) is 5.56 Å². The van der Waals surface area contributed by atoms with Gasteiger partial charge in [0.2, 0.25) is 0 Å². The third-order valence-electron chi connectivity index (χ3n) is 1.48. The summed E-state index contributed by atoms with van der Waals surface area (Å²) in [7, 11) is -0.722. The van der Waals surface area contributed by atoms with Gasteiger partial charge >= 0.3 is 0 Å². The molecule has 2 aliphatic rings. The van der Waals surface area contributed by atoms with E-state index in [4.69, 9.17) is 0 Å². The fraction of sp³-hybridized carbons (Fsp3) is 0.143. The van der Waals surface area contributed by atoms with E-state index in [0.717, 1.165) is 10.6 Å². The second-order valence-electron chi connectivity index (χ2n) is 2.13. The zero-order chi connectivity index (χ0) is 6.27. The van der Waals surface area contributed by atoms with Crippen LogP contribution in [-0.4, -0.2) is 4.21 Å². The summed E-state index contributed by atoms with van der Waals surface area (Å²) >= 11 is 0. The van der Waals surface area contributed by atoms with E-state index in [1.165, 1.54) is 5.56 Å². The molecule has 0 N–H and O–H groups in total. The van der Waals surface area contributed by atoms with Crippen LogP contribution in [0.3, 0.4) is 0 Å². The quantitative estimate of drug-likeness (QED) is 0.528. The van der Waals surface area contributed by atoms with Crippen molar-refractivity contribution in [2.45, 2.75) is 10.6 Å². The van der Waals surface area contributed by atoms with E-state index in [9.17, 15) is 4.21 Å². The summed E-state index contributed by atoms with van der Waals surface area (Å²) < 4.78 is 11.0. The lowest BCUT2D eigenvalue weighted by Crippen LogP contribution is -2.02. The number of hydrogen-bond donors (Lipinski definition) is 0. The van der Waals surface area contributed by atoms with Crippen LogP contribution in [0.2, 0.25) is 0 Å². The van der Waals surface area contributed by atoms with Crippen molar-refractivity contribution in [3.8, 4) is 0 Å². The average Bonchev–Trinajstić information content (AvgIpc) is 1.90. The highest BCUT2D eigenvalue weighted by molar-refractivity contribution is 7.84. The number of benzene rings is 1. The molecular formula is C7H6OS. The van der Waals surface area contributed by atoms with Gasteiger partial charge in [0.05, 0.1) is 16.6 Å². The normalized spacial score (nSPS) is 22.4. The molecule has 0 aromatic heterocycles. The van der Waals surface area contributed by atoms with Crippen molar-refractivity contribution in [3.63, 3.8) is 0 Å². The van der Waals surface area contributed by atoms with Crippen molar-refractivity contribution < 1.29 is 4.21 Å². The van der Waals surface area contributed by atoms with Crippen molar-refractivity contribution in [2.24, 2.45) is 0 Å². The summed E-state index contributed by atoms with van der Waals surface area (Å²) in [6.07, 6.45) is 0. The lowest BCUT2D eigenvalue weighted by Gasteiger charge is -2.09. The van der Waals surface area contributed by atoms with Crippen LogP contribution in [0.15, 0.2) is 29.2 Å². The first-order valence-corrected chi connectivity index (χ1v) is 4.15. The molecule has 1 aromatic carbocycles. The first-order valence-electron chi connectivity index (χ1n) is 2.83. The smallest absolute Gasteiger partial charge is 0.0574 e. The van der Waals surface area contributed by atoms with Gasteiger partial charge in [0.25, 0.3) is 0 Å². The topological polar surface area (TPSA) is 17.1 Å². The van der Waals surface area contributed by atoms with Crippen LogP contribution in [0.5, 0.6) is 0 Å². The Hall–Kier alpha value is -0.630. The molecule has 1 atom stereocenters. The summed E-state index contributed by atoms with van der Waals surface area (Å²) in [5.41, 5.74) is 1.18. The molecule has 0 amide bonds. The highest BCUT2D eigenvalue weighted by Gasteiger charge is 2.10. The van der Waals surface area contributed by atoms with Crippen LogP contribution in [0.25, 0.3) is 0 Å². The van der Waals surface area contributed by atoms with Crippen molar-refractivity contribution in [1.82, 2.24) is 0 Å². The Balaban J connectivity index is 2.72. The van der Waals surface area contributed by atoms with Gasteiger partial charge in [0, 0.05) is 4.90 Å². The molecule has 2 heteroatoms. The van der Waals surface area contributed by atoms with E-state index in [1.807, 2.05) is 24.3 Å². The molecule has 9 heavy (non-hydrogen) atoms. The number of fused-ring (bicyclic) bond motifs is 3. The predicted octanol–water partition coefficient (Wildman–Crippen LogP) is 1.31. The zero-order valence-corrected chi connectivity index (χ0v) is 5.65. The highest BCUT2D eigenvalue weighted by Crippen LogP contribution is 2.18. The van der Waals surface area contributed by atoms with E-state index in [2.05, 4.69) is 0 Å². The van der Waals surface area contributed by atoms with Gasteiger partial charge in [0.1, 0.15) is 0 Å². The van der Waals surface area contributed by atoms with E-state index >= 15 is 0 Å². The van der Waals surface area contributed by atoms with Crippen molar-refractivity contribution in [2.75, 3.05) is 0 Å². The van der Waals surface area contributed by atoms with Crippen molar-refractivity contribution in [1.29, 1.82) is 0 Å². The number of rotatable bonds is 0. The summed E-state index contributed by atoms with van der Waals surface area (Å²) in [5.74, 6) is 0.725. The highest BCUT2D eigenvalue weighted by atomic mass is 32.2. The standard InChI is InChI=1S/C7H6OS/c8-9-5-6-1-3-7(9)4-2-6/h1-4H,5H2. The molecule has 0 aliphatic carbocycles. The largest absolute Gasteiger partial charge is 0.254 e. The molecule has 0 radical (unpaired) electrons. The lowest BCUT2D eigenvalue weighted by molar-refractivity contribution is 0.681. The van der Waals surface area contributed by atoms with Gasteiger partial charge in [0.15, 0.2) is 0 Å². The second-order valence-corrected chi connectivity index (χ2v) is 3.58. The Morgan fingerprint density at radius 1 is 1.22 bits per heavy atom. The molecular weight excluding hydrogens is 132 g/mol. The van der Waals surface area contributed by atoms with Gasteiger partial charge in [-0.1, -0.05) is 12.1 Å². The third-order valence-corrected chi connectivity index (χ3v) is 2.88. The average molecular weight is 138 g/mol. The molecule has 1 unspecified atom stereocenters. The summed E-state index contributed by atoms with van der Waals surface area (Å²) in [6, 6.07) is 7.90. The Bertz CT molecular complexity index is 250. The Morgan fingerprint density at radius 3 is 2.11 bits per heavy atom. The summed E-state index contributed by atoms with van der Waals surface area (Å²) in [4.78, 5) is 0.963. The van der Waals surface area contributed by atoms with E-state index in [0.29, 0.717) is 0 Å². The van der Waals surface area contributed by atoms with Crippen molar-refractivity contribution in [3.05, 3.63) is 29.8 Å². The molecule has 0 fully saturated rings. The predicted molar refractivity (Wildman–Crippen MR) is 36.6 cm³/mol. The van der Waals surface area contributed by atoms with Crippen molar-refractivity contribution >= 4 is 10.8 Å². The molecule has 2 heterocycles. The fourth-order valence-corrected chi connectivity index (χ4v) is 2.07. The maximum Gasteiger partial charge on any atom is 0.0574 e. The molecule has 3 rings (SSSR count). The van der Waals surface area contributed by atoms with Crippen LogP contribution in [0, 0.1) is 0 Å². The van der Waals surface area contributed by atoms with Gasteiger partial charge in [-0.05, 0) is 17.7 Å². The zero-order valence-electron chi connectivity index (χ0n) is 4.83. The molecule has 0 saturated carbocycles. The number of hydrogen-bond acceptors (Lipinski definition) is 1. The van der Waals surface area contributed by atoms with Gasteiger partial charge in [-0.15, -0.1) is 0 Å². The molecule has 0 spiro atoms. The van der Waals surface area contributed by atoms with E-state index in [1.54, 1.807) is 0 Å². The fourth-order valence-electron chi connectivity index (χ4n) is 0.972. The maximum absolute atomic E-state index is 11.0. The van der Waals surface area contributed by atoms with Crippen LogP contribution in [-0.2, 0) is 16.6 Å². The van der Waals surface area contributed by atoms with E-state index < -0.39 is 10.8 Å². The molecule has 0 saturated heterocycles. The second kappa shape index (κ2) is 1.67. The minimum absolute atomic E-state index is 0.722. The first kappa shape index (κ1) is 5.18. The van der Waals surface area contributed by atoms with Crippen LogP contribution < -0.4 is 0 Å².